The normalized spacial score (nSPS) is 9.93. The van der Waals surface area contributed by atoms with Crippen LogP contribution in [0.3, 0.4) is 0 Å². The van der Waals surface area contributed by atoms with Crippen molar-refractivity contribution in [1.29, 1.82) is 0 Å². The second-order valence-electron chi connectivity index (χ2n) is 2.93. The highest BCUT2D eigenvalue weighted by molar-refractivity contribution is 5.32. The van der Waals surface area contributed by atoms with Crippen LogP contribution >= 0.6 is 0 Å². The zero-order chi connectivity index (χ0) is 10.5. The Balaban J connectivity index is 1.98. The summed E-state index contributed by atoms with van der Waals surface area (Å²) in [6.45, 7) is 0.393. The van der Waals surface area contributed by atoms with E-state index < -0.39 is 0 Å². The number of H-pyrrole nitrogens is 1. The van der Waals surface area contributed by atoms with Gasteiger partial charge in [0.05, 0.1) is 13.3 Å². The number of aromatic amines is 1. The maximum atomic E-state index is 5.49. The SMILES string of the molecule is COc1cccc(OCc2cn[nH]n2)c1. The van der Waals surface area contributed by atoms with Crippen LogP contribution < -0.4 is 9.47 Å². The van der Waals surface area contributed by atoms with Gasteiger partial charge in [-0.25, -0.2) is 0 Å². The van der Waals surface area contributed by atoms with Crippen molar-refractivity contribution in [2.24, 2.45) is 0 Å². The molecule has 0 saturated carbocycles. The van der Waals surface area contributed by atoms with Crippen LogP contribution in [0.4, 0.5) is 0 Å². The van der Waals surface area contributed by atoms with Crippen molar-refractivity contribution in [1.82, 2.24) is 15.4 Å². The van der Waals surface area contributed by atoms with Crippen molar-refractivity contribution in [3.63, 3.8) is 0 Å². The molecule has 0 amide bonds. The molecule has 0 aliphatic heterocycles. The Morgan fingerprint density at radius 2 is 2.20 bits per heavy atom. The number of aromatic nitrogens is 3. The van der Waals surface area contributed by atoms with Gasteiger partial charge >= 0.3 is 0 Å². The monoisotopic (exact) mass is 205 g/mol. The molecule has 0 saturated heterocycles. The van der Waals surface area contributed by atoms with Gasteiger partial charge in [-0.05, 0) is 12.1 Å². The van der Waals surface area contributed by atoms with E-state index in [0.717, 1.165) is 17.2 Å². The first-order valence-corrected chi connectivity index (χ1v) is 4.50. The number of nitrogens with zero attached hydrogens (tertiary/aromatic N) is 2. The van der Waals surface area contributed by atoms with Crippen LogP contribution in [0.1, 0.15) is 5.69 Å². The first-order valence-electron chi connectivity index (χ1n) is 4.50. The molecule has 78 valence electrons. The molecule has 0 bridgehead atoms. The molecule has 1 heterocycles. The number of methoxy groups -OCH3 is 1. The van der Waals surface area contributed by atoms with E-state index in [1.54, 1.807) is 13.3 Å². The number of ether oxygens (including phenoxy) is 2. The summed E-state index contributed by atoms with van der Waals surface area (Å²) >= 11 is 0. The number of nitrogens with one attached hydrogen (secondary N) is 1. The van der Waals surface area contributed by atoms with Crippen molar-refractivity contribution in [2.45, 2.75) is 6.61 Å². The number of benzene rings is 1. The molecule has 5 nitrogen and oxygen atoms in total. The second kappa shape index (κ2) is 4.45. The standard InChI is InChI=1S/C10H11N3O2/c1-14-9-3-2-4-10(5-9)15-7-8-6-11-13-12-8/h2-6H,7H2,1H3,(H,11,12,13). The molecule has 0 aliphatic rings. The van der Waals surface area contributed by atoms with E-state index >= 15 is 0 Å². The minimum atomic E-state index is 0.393. The van der Waals surface area contributed by atoms with Crippen molar-refractivity contribution >= 4 is 0 Å². The second-order valence-corrected chi connectivity index (χ2v) is 2.93. The zero-order valence-corrected chi connectivity index (χ0v) is 8.30. The van der Waals surface area contributed by atoms with E-state index in [1.807, 2.05) is 24.3 Å². The summed E-state index contributed by atoms with van der Waals surface area (Å²) < 4.78 is 10.6. The quantitative estimate of drug-likeness (QED) is 0.819. The molecule has 1 N–H and O–H groups in total. The summed E-state index contributed by atoms with van der Waals surface area (Å²) in [5.41, 5.74) is 0.762. The van der Waals surface area contributed by atoms with Crippen LogP contribution in [0.5, 0.6) is 11.5 Å². The predicted molar refractivity (Wildman–Crippen MR) is 53.7 cm³/mol. The molecular formula is C10H11N3O2. The molecule has 1 aromatic carbocycles. The van der Waals surface area contributed by atoms with Crippen LogP contribution in [-0.4, -0.2) is 22.5 Å². The Kier molecular flexibility index (Phi) is 2.82. The van der Waals surface area contributed by atoms with Crippen LogP contribution in [0.15, 0.2) is 30.5 Å². The van der Waals surface area contributed by atoms with Crippen LogP contribution in [0.2, 0.25) is 0 Å². The summed E-state index contributed by atoms with van der Waals surface area (Å²) in [6, 6.07) is 7.42. The van der Waals surface area contributed by atoms with E-state index in [9.17, 15) is 0 Å². The van der Waals surface area contributed by atoms with Gasteiger partial charge in [-0.2, -0.15) is 15.4 Å². The van der Waals surface area contributed by atoms with Gasteiger partial charge in [0.25, 0.3) is 0 Å². The van der Waals surface area contributed by atoms with Crippen LogP contribution in [0.25, 0.3) is 0 Å². The predicted octanol–water partition coefficient (Wildman–Crippen LogP) is 1.39. The molecule has 15 heavy (non-hydrogen) atoms. The molecule has 0 radical (unpaired) electrons. The Bertz CT molecular complexity index is 414. The first-order chi connectivity index (χ1) is 7.38. The maximum Gasteiger partial charge on any atom is 0.134 e. The maximum absolute atomic E-state index is 5.49. The van der Waals surface area contributed by atoms with E-state index in [0.29, 0.717) is 6.61 Å². The van der Waals surface area contributed by atoms with Crippen molar-refractivity contribution in [2.75, 3.05) is 7.11 Å². The topological polar surface area (TPSA) is 60.0 Å². The minimum absolute atomic E-state index is 0.393. The van der Waals surface area contributed by atoms with Gasteiger partial charge in [0.15, 0.2) is 0 Å². The van der Waals surface area contributed by atoms with Gasteiger partial charge in [-0.15, -0.1) is 0 Å². The van der Waals surface area contributed by atoms with Crippen LogP contribution in [-0.2, 0) is 6.61 Å². The highest BCUT2D eigenvalue weighted by Gasteiger charge is 1.99. The zero-order valence-electron chi connectivity index (χ0n) is 8.30. The molecule has 2 aromatic rings. The van der Waals surface area contributed by atoms with Gasteiger partial charge in [0.2, 0.25) is 0 Å². The van der Waals surface area contributed by atoms with Gasteiger partial charge in [-0.1, -0.05) is 6.07 Å². The Morgan fingerprint density at radius 1 is 1.33 bits per heavy atom. The van der Waals surface area contributed by atoms with Gasteiger partial charge in [0.1, 0.15) is 23.8 Å². The van der Waals surface area contributed by atoms with E-state index in [1.165, 1.54) is 0 Å². The minimum Gasteiger partial charge on any atom is -0.497 e. The fourth-order valence-electron chi connectivity index (χ4n) is 1.14. The fourth-order valence-corrected chi connectivity index (χ4v) is 1.14. The highest BCUT2D eigenvalue weighted by atomic mass is 16.5. The number of rotatable bonds is 4. The molecule has 0 unspecified atom stereocenters. The molecule has 2 rings (SSSR count). The fraction of sp³-hybridized carbons (Fsp3) is 0.200. The lowest BCUT2D eigenvalue weighted by Gasteiger charge is -2.05. The van der Waals surface area contributed by atoms with Crippen molar-refractivity contribution in [3.8, 4) is 11.5 Å². The Hall–Kier alpha value is -2.04. The first kappa shape index (κ1) is 9.51. The summed E-state index contributed by atoms with van der Waals surface area (Å²) in [6.07, 6.45) is 1.63. The smallest absolute Gasteiger partial charge is 0.134 e. The van der Waals surface area contributed by atoms with Crippen LogP contribution in [0, 0.1) is 0 Å². The largest absolute Gasteiger partial charge is 0.497 e. The number of hydrogen-bond acceptors (Lipinski definition) is 4. The molecule has 0 aliphatic carbocycles. The highest BCUT2D eigenvalue weighted by Crippen LogP contribution is 2.19. The molecule has 0 fully saturated rings. The average molecular weight is 205 g/mol. The lowest BCUT2D eigenvalue weighted by atomic mass is 10.3. The van der Waals surface area contributed by atoms with Crippen molar-refractivity contribution < 1.29 is 9.47 Å². The molecule has 1 aromatic heterocycles. The lowest BCUT2D eigenvalue weighted by molar-refractivity contribution is 0.299. The molecule has 0 spiro atoms. The third-order valence-corrected chi connectivity index (χ3v) is 1.89. The summed E-state index contributed by atoms with van der Waals surface area (Å²) in [7, 11) is 1.62. The third kappa shape index (κ3) is 2.46. The molecule has 5 heteroatoms. The summed E-state index contributed by atoms with van der Waals surface area (Å²) in [4.78, 5) is 0. The summed E-state index contributed by atoms with van der Waals surface area (Å²) in [5.74, 6) is 1.52. The van der Waals surface area contributed by atoms with E-state index in [2.05, 4.69) is 15.4 Å². The molecule has 0 atom stereocenters. The van der Waals surface area contributed by atoms with E-state index in [4.69, 9.17) is 9.47 Å². The van der Waals surface area contributed by atoms with Gasteiger partial charge in [0, 0.05) is 6.07 Å². The lowest BCUT2D eigenvalue weighted by Crippen LogP contribution is -1.96. The molecular weight excluding hydrogens is 194 g/mol. The van der Waals surface area contributed by atoms with Crippen molar-refractivity contribution in [3.05, 3.63) is 36.2 Å². The number of hydrogen-bond donors (Lipinski definition) is 1. The van der Waals surface area contributed by atoms with Gasteiger partial charge < -0.3 is 9.47 Å². The Labute approximate surface area is 87.0 Å². The summed E-state index contributed by atoms with van der Waals surface area (Å²) in [5, 5.41) is 10.1. The van der Waals surface area contributed by atoms with Gasteiger partial charge in [-0.3, -0.25) is 0 Å². The van der Waals surface area contributed by atoms with E-state index in [-0.39, 0.29) is 0 Å². The Morgan fingerprint density at radius 3 is 2.93 bits per heavy atom. The third-order valence-electron chi connectivity index (χ3n) is 1.89. The average Bonchev–Trinajstić information content (AvgIpc) is 2.79.